The predicted molar refractivity (Wildman–Crippen MR) is 70.2 cm³/mol. The summed E-state index contributed by atoms with van der Waals surface area (Å²) in [6.45, 7) is 5.57. The highest BCUT2D eigenvalue weighted by Gasteiger charge is 2.35. The molecule has 1 aromatic rings. The Kier molecular flexibility index (Phi) is 3.29. The highest BCUT2D eigenvalue weighted by atomic mass is 32.2. The Labute approximate surface area is 107 Å². The number of rotatable bonds is 3. The zero-order valence-corrected chi connectivity index (χ0v) is 11.5. The van der Waals surface area contributed by atoms with Crippen molar-refractivity contribution >= 4 is 15.7 Å². The molecule has 2 rings (SSSR count). The van der Waals surface area contributed by atoms with Gasteiger partial charge in [0.15, 0.2) is 0 Å². The Morgan fingerprint density at radius 2 is 1.78 bits per heavy atom. The summed E-state index contributed by atoms with van der Waals surface area (Å²) in [4.78, 5) is 0.242. The standard InChI is InChI=1S/C13H17NO3S/c1-8(2)12(9(3)15)13-10-6-4-5-7-11(10)18(16,17)14-13/h4-9,12,15H,1-3H3. The SMILES string of the molecule is CC(C)C(C1=NS(=O)(=O)c2ccccc21)C(C)O. The van der Waals surface area contributed by atoms with Crippen molar-refractivity contribution in [2.75, 3.05) is 0 Å². The Morgan fingerprint density at radius 3 is 2.33 bits per heavy atom. The molecule has 0 aromatic heterocycles. The minimum absolute atomic E-state index is 0.116. The molecule has 1 aliphatic rings. The second kappa shape index (κ2) is 4.48. The first kappa shape index (κ1) is 13.2. The molecular weight excluding hydrogens is 250 g/mol. The molecule has 0 radical (unpaired) electrons. The van der Waals surface area contributed by atoms with E-state index in [9.17, 15) is 13.5 Å². The van der Waals surface area contributed by atoms with Gasteiger partial charge in [-0.05, 0) is 18.9 Å². The van der Waals surface area contributed by atoms with Crippen LogP contribution >= 0.6 is 0 Å². The van der Waals surface area contributed by atoms with Crippen molar-refractivity contribution in [2.45, 2.75) is 31.8 Å². The van der Waals surface area contributed by atoms with Gasteiger partial charge in [-0.2, -0.15) is 12.8 Å². The molecular formula is C13H17NO3S. The lowest BCUT2D eigenvalue weighted by atomic mass is 9.83. The minimum Gasteiger partial charge on any atom is -0.393 e. The van der Waals surface area contributed by atoms with Crippen LogP contribution in [0.4, 0.5) is 0 Å². The van der Waals surface area contributed by atoms with Crippen LogP contribution in [-0.4, -0.2) is 25.3 Å². The molecule has 1 heterocycles. The Morgan fingerprint density at radius 1 is 1.17 bits per heavy atom. The number of fused-ring (bicyclic) bond motifs is 1. The van der Waals surface area contributed by atoms with E-state index in [0.717, 1.165) is 0 Å². The molecule has 0 bridgehead atoms. The fraction of sp³-hybridized carbons (Fsp3) is 0.462. The van der Waals surface area contributed by atoms with Crippen LogP contribution in [0.5, 0.6) is 0 Å². The molecule has 0 spiro atoms. The van der Waals surface area contributed by atoms with Crippen molar-refractivity contribution in [1.29, 1.82) is 0 Å². The molecule has 2 atom stereocenters. The lowest BCUT2D eigenvalue weighted by molar-refractivity contribution is 0.135. The van der Waals surface area contributed by atoms with E-state index in [1.54, 1.807) is 31.2 Å². The number of aliphatic hydroxyl groups is 1. The molecule has 0 fully saturated rings. The van der Waals surface area contributed by atoms with Crippen LogP contribution in [0.3, 0.4) is 0 Å². The number of hydrogen-bond acceptors (Lipinski definition) is 3. The molecule has 98 valence electrons. The van der Waals surface area contributed by atoms with Crippen LogP contribution in [0.2, 0.25) is 0 Å². The molecule has 18 heavy (non-hydrogen) atoms. The Hall–Kier alpha value is -1.20. The normalized spacial score (nSPS) is 20.4. The highest BCUT2D eigenvalue weighted by Crippen LogP contribution is 2.32. The summed E-state index contributed by atoms with van der Waals surface area (Å²) >= 11 is 0. The number of sulfonamides is 1. The van der Waals surface area contributed by atoms with Crippen LogP contribution in [0, 0.1) is 11.8 Å². The van der Waals surface area contributed by atoms with E-state index in [0.29, 0.717) is 11.3 Å². The predicted octanol–water partition coefficient (Wildman–Crippen LogP) is 1.83. The third-order valence-electron chi connectivity index (χ3n) is 3.21. The fourth-order valence-electron chi connectivity index (χ4n) is 2.47. The first-order valence-electron chi connectivity index (χ1n) is 5.97. The number of hydrogen-bond donors (Lipinski definition) is 1. The van der Waals surface area contributed by atoms with E-state index in [2.05, 4.69) is 4.40 Å². The largest absolute Gasteiger partial charge is 0.393 e. The van der Waals surface area contributed by atoms with Gasteiger partial charge >= 0.3 is 0 Å². The third-order valence-corrected chi connectivity index (χ3v) is 4.56. The lowest BCUT2D eigenvalue weighted by Crippen LogP contribution is -2.30. The Bertz CT molecular complexity index is 580. The first-order chi connectivity index (χ1) is 8.34. The zero-order valence-electron chi connectivity index (χ0n) is 10.7. The van der Waals surface area contributed by atoms with Crippen LogP contribution < -0.4 is 0 Å². The summed E-state index contributed by atoms with van der Waals surface area (Å²) in [6.07, 6.45) is -0.634. The quantitative estimate of drug-likeness (QED) is 0.908. The van der Waals surface area contributed by atoms with E-state index >= 15 is 0 Å². The molecule has 1 aliphatic heterocycles. The molecule has 5 heteroatoms. The number of aliphatic hydroxyl groups excluding tert-OH is 1. The monoisotopic (exact) mass is 267 g/mol. The molecule has 0 saturated carbocycles. The van der Waals surface area contributed by atoms with Crippen molar-refractivity contribution < 1.29 is 13.5 Å². The van der Waals surface area contributed by atoms with Gasteiger partial charge in [-0.3, -0.25) is 0 Å². The van der Waals surface area contributed by atoms with Crippen molar-refractivity contribution in [3.05, 3.63) is 29.8 Å². The molecule has 1 N–H and O–H groups in total. The van der Waals surface area contributed by atoms with E-state index in [1.807, 2.05) is 13.8 Å². The molecule has 0 amide bonds. The van der Waals surface area contributed by atoms with E-state index in [-0.39, 0.29) is 16.7 Å². The van der Waals surface area contributed by atoms with Crippen molar-refractivity contribution in [2.24, 2.45) is 16.2 Å². The van der Waals surface area contributed by atoms with E-state index < -0.39 is 16.1 Å². The van der Waals surface area contributed by atoms with Gasteiger partial charge in [-0.1, -0.05) is 32.0 Å². The second-order valence-corrected chi connectivity index (χ2v) is 6.53. The van der Waals surface area contributed by atoms with Crippen LogP contribution in [0.25, 0.3) is 0 Å². The van der Waals surface area contributed by atoms with Crippen molar-refractivity contribution in [3.63, 3.8) is 0 Å². The maximum atomic E-state index is 11.9. The summed E-state index contributed by atoms with van der Waals surface area (Å²) in [6, 6.07) is 6.77. The van der Waals surface area contributed by atoms with E-state index in [4.69, 9.17) is 0 Å². The highest BCUT2D eigenvalue weighted by molar-refractivity contribution is 7.90. The van der Waals surface area contributed by atoms with Crippen LogP contribution in [-0.2, 0) is 10.0 Å². The van der Waals surface area contributed by atoms with Gasteiger partial charge in [-0.15, -0.1) is 0 Å². The van der Waals surface area contributed by atoms with Gasteiger partial charge in [0.05, 0.1) is 16.7 Å². The average molecular weight is 267 g/mol. The summed E-state index contributed by atoms with van der Waals surface area (Å²) in [5, 5.41) is 9.86. The Balaban J connectivity index is 2.60. The maximum Gasteiger partial charge on any atom is 0.283 e. The fourth-order valence-corrected chi connectivity index (χ4v) is 3.75. The summed E-state index contributed by atoms with van der Waals surface area (Å²) in [5.41, 5.74) is 1.10. The van der Waals surface area contributed by atoms with Gasteiger partial charge in [0.25, 0.3) is 10.0 Å². The zero-order chi connectivity index (χ0) is 13.5. The number of benzene rings is 1. The van der Waals surface area contributed by atoms with Crippen molar-refractivity contribution in [3.8, 4) is 0 Å². The van der Waals surface area contributed by atoms with Gasteiger partial charge < -0.3 is 5.11 Å². The molecule has 2 unspecified atom stereocenters. The molecule has 4 nitrogen and oxygen atoms in total. The van der Waals surface area contributed by atoms with Crippen LogP contribution in [0.1, 0.15) is 26.3 Å². The van der Waals surface area contributed by atoms with E-state index in [1.165, 1.54) is 0 Å². The van der Waals surface area contributed by atoms with Gasteiger partial charge in [0.1, 0.15) is 0 Å². The summed E-state index contributed by atoms with van der Waals surface area (Å²) in [7, 11) is -3.59. The number of nitrogens with zero attached hydrogens (tertiary/aromatic N) is 1. The topological polar surface area (TPSA) is 66.7 Å². The molecule has 0 aliphatic carbocycles. The van der Waals surface area contributed by atoms with Crippen LogP contribution in [0.15, 0.2) is 33.6 Å². The summed E-state index contributed by atoms with van der Waals surface area (Å²) in [5.74, 6) is -0.159. The van der Waals surface area contributed by atoms with Gasteiger partial charge in [0.2, 0.25) is 0 Å². The van der Waals surface area contributed by atoms with Gasteiger partial charge in [0, 0.05) is 11.5 Å². The van der Waals surface area contributed by atoms with Crippen molar-refractivity contribution in [1.82, 2.24) is 0 Å². The third kappa shape index (κ3) is 2.08. The molecule has 1 aromatic carbocycles. The second-order valence-electron chi connectivity index (χ2n) is 4.96. The smallest absolute Gasteiger partial charge is 0.283 e. The first-order valence-corrected chi connectivity index (χ1v) is 7.41. The minimum atomic E-state index is -3.59. The molecule has 0 saturated heterocycles. The summed E-state index contributed by atoms with van der Waals surface area (Å²) < 4.78 is 27.7. The van der Waals surface area contributed by atoms with Gasteiger partial charge in [-0.25, -0.2) is 0 Å². The average Bonchev–Trinajstić information content (AvgIpc) is 2.51. The maximum absolute atomic E-state index is 11.9. The lowest BCUT2D eigenvalue weighted by Gasteiger charge is -2.23.